The highest BCUT2D eigenvalue weighted by Gasteiger charge is 2.15. The Labute approximate surface area is 157 Å². The smallest absolute Gasteiger partial charge is 0.277 e. The number of amides is 1. The summed E-state index contributed by atoms with van der Waals surface area (Å²) in [6.45, 7) is 0. The van der Waals surface area contributed by atoms with Crippen LogP contribution < -0.4 is 10.1 Å². The lowest BCUT2D eigenvalue weighted by Gasteiger charge is -2.09. The molecule has 0 unspecified atom stereocenters. The average molecular weight is 386 g/mol. The van der Waals surface area contributed by atoms with Gasteiger partial charge in [0.15, 0.2) is 0 Å². The van der Waals surface area contributed by atoms with Crippen LogP contribution in [0.15, 0.2) is 58.2 Å². The highest BCUT2D eigenvalue weighted by atomic mass is 32.2. The molecule has 0 saturated heterocycles. The average Bonchev–Trinajstić information content (AvgIpc) is 3.16. The predicted octanol–water partition coefficient (Wildman–Crippen LogP) is 3.38. The van der Waals surface area contributed by atoms with Crippen molar-refractivity contribution in [2.45, 2.75) is 5.22 Å². The third-order valence-corrected chi connectivity index (χ3v) is 4.24. The van der Waals surface area contributed by atoms with Crippen LogP contribution in [0.3, 0.4) is 0 Å². The van der Waals surface area contributed by atoms with E-state index in [0.29, 0.717) is 11.6 Å². The number of nitro benzene ring substituents is 1. The lowest BCUT2D eigenvalue weighted by Crippen LogP contribution is -2.14. The number of hydrogen-bond donors (Lipinski definition) is 1. The molecule has 10 heteroatoms. The lowest BCUT2D eigenvalue weighted by molar-refractivity contribution is -0.384. The molecule has 3 aromatic rings. The number of methoxy groups -OCH3 is 1. The molecule has 0 aliphatic rings. The maximum absolute atomic E-state index is 12.1. The minimum Gasteiger partial charge on any atom is -0.494 e. The summed E-state index contributed by atoms with van der Waals surface area (Å²) in [5, 5.41) is 21.6. The third-order valence-electron chi connectivity index (χ3n) is 3.42. The topological polar surface area (TPSA) is 120 Å². The van der Waals surface area contributed by atoms with Gasteiger partial charge in [0.1, 0.15) is 5.75 Å². The number of nitro groups is 1. The fourth-order valence-corrected chi connectivity index (χ4v) is 2.74. The SMILES string of the molecule is COc1cc([N+](=O)[O-])ccc1NC(=O)CSc1nnc(-c2ccccc2)o1. The second kappa shape index (κ2) is 8.32. The van der Waals surface area contributed by atoms with Gasteiger partial charge < -0.3 is 14.5 Å². The van der Waals surface area contributed by atoms with Crippen molar-refractivity contribution in [2.24, 2.45) is 0 Å². The molecule has 0 aliphatic heterocycles. The number of hydrogen-bond acceptors (Lipinski definition) is 8. The Hall–Kier alpha value is -3.40. The van der Waals surface area contributed by atoms with Gasteiger partial charge in [0, 0.05) is 11.6 Å². The normalized spacial score (nSPS) is 10.4. The number of nitrogens with one attached hydrogen (secondary N) is 1. The van der Waals surface area contributed by atoms with Gasteiger partial charge >= 0.3 is 0 Å². The number of carbonyl (C=O) groups is 1. The highest BCUT2D eigenvalue weighted by Crippen LogP contribution is 2.29. The molecule has 138 valence electrons. The summed E-state index contributed by atoms with van der Waals surface area (Å²) in [5.74, 6) is 0.255. The van der Waals surface area contributed by atoms with Gasteiger partial charge in [-0.05, 0) is 18.2 Å². The monoisotopic (exact) mass is 386 g/mol. The molecule has 1 heterocycles. The lowest BCUT2D eigenvalue weighted by atomic mass is 10.2. The fraction of sp³-hybridized carbons (Fsp3) is 0.118. The summed E-state index contributed by atoms with van der Waals surface area (Å²) in [6.07, 6.45) is 0. The first-order chi connectivity index (χ1) is 13.1. The van der Waals surface area contributed by atoms with Gasteiger partial charge in [-0.25, -0.2) is 0 Å². The molecule has 0 radical (unpaired) electrons. The van der Waals surface area contributed by atoms with Crippen LogP contribution in [-0.2, 0) is 4.79 Å². The van der Waals surface area contributed by atoms with E-state index in [2.05, 4.69) is 15.5 Å². The Morgan fingerprint density at radius 3 is 2.74 bits per heavy atom. The quantitative estimate of drug-likeness (QED) is 0.373. The summed E-state index contributed by atoms with van der Waals surface area (Å²) in [7, 11) is 1.37. The summed E-state index contributed by atoms with van der Waals surface area (Å²) >= 11 is 1.08. The van der Waals surface area contributed by atoms with Crippen molar-refractivity contribution in [1.29, 1.82) is 0 Å². The summed E-state index contributed by atoms with van der Waals surface area (Å²) in [4.78, 5) is 22.4. The van der Waals surface area contributed by atoms with Crippen LogP contribution in [0.2, 0.25) is 0 Å². The van der Waals surface area contributed by atoms with Gasteiger partial charge in [0.05, 0.1) is 29.5 Å². The van der Waals surface area contributed by atoms with E-state index in [1.807, 2.05) is 30.3 Å². The van der Waals surface area contributed by atoms with Crippen molar-refractivity contribution >= 4 is 29.0 Å². The number of carbonyl (C=O) groups excluding carboxylic acids is 1. The number of aromatic nitrogens is 2. The van der Waals surface area contributed by atoms with Crippen LogP contribution in [0, 0.1) is 10.1 Å². The zero-order valence-corrected chi connectivity index (χ0v) is 14.9. The van der Waals surface area contributed by atoms with Gasteiger partial charge in [-0.1, -0.05) is 30.0 Å². The van der Waals surface area contributed by atoms with Crippen LogP contribution in [0.1, 0.15) is 0 Å². The molecule has 0 aliphatic carbocycles. The maximum atomic E-state index is 12.1. The van der Waals surface area contributed by atoms with Crippen LogP contribution in [-0.4, -0.2) is 33.9 Å². The van der Waals surface area contributed by atoms with E-state index in [9.17, 15) is 14.9 Å². The van der Waals surface area contributed by atoms with Crippen LogP contribution in [0.25, 0.3) is 11.5 Å². The van der Waals surface area contributed by atoms with E-state index >= 15 is 0 Å². The Morgan fingerprint density at radius 1 is 1.26 bits per heavy atom. The molecular formula is C17H14N4O5S. The summed E-state index contributed by atoms with van der Waals surface area (Å²) < 4.78 is 10.6. The molecule has 2 aromatic carbocycles. The van der Waals surface area contributed by atoms with Crippen LogP contribution in [0.5, 0.6) is 5.75 Å². The largest absolute Gasteiger partial charge is 0.494 e. The number of nitrogens with zero attached hydrogens (tertiary/aromatic N) is 3. The standard InChI is InChI=1S/C17H14N4O5S/c1-25-14-9-12(21(23)24)7-8-13(14)18-15(22)10-27-17-20-19-16(26-17)11-5-3-2-4-6-11/h2-9H,10H2,1H3,(H,18,22). The number of benzene rings is 2. The molecule has 1 amide bonds. The van der Waals surface area contributed by atoms with E-state index in [0.717, 1.165) is 17.3 Å². The summed E-state index contributed by atoms with van der Waals surface area (Å²) in [5.41, 5.74) is 1.000. The fourth-order valence-electron chi connectivity index (χ4n) is 2.18. The molecule has 1 N–H and O–H groups in total. The number of anilines is 1. The highest BCUT2D eigenvalue weighted by molar-refractivity contribution is 7.99. The van der Waals surface area contributed by atoms with Crippen molar-refractivity contribution in [1.82, 2.24) is 10.2 Å². The molecule has 0 spiro atoms. The third kappa shape index (κ3) is 4.61. The first-order valence-corrected chi connectivity index (χ1v) is 8.69. The molecule has 3 rings (SSSR count). The molecule has 0 bridgehead atoms. The Bertz CT molecular complexity index is 961. The van der Waals surface area contributed by atoms with E-state index in [1.165, 1.54) is 25.3 Å². The van der Waals surface area contributed by atoms with Gasteiger partial charge in [-0.15, -0.1) is 10.2 Å². The first-order valence-electron chi connectivity index (χ1n) is 7.71. The Morgan fingerprint density at radius 2 is 2.04 bits per heavy atom. The number of ether oxygens (including phenoxy) is 1. The Kier molecular flexibility index (Phi) is 5.67. The molecule has 0 fully saturated rings. The minimum absolute atomic E-state index is 0.0244. The molecule has 0 saturated carbocycles. The van der Waals surface area contributed by atoms with E-state index < -0.39 is 4.92 Å². The van der Waals surface area contributed by atoms with Crippen molar-refractivity contribution in [3.63, 3.8) is 0 Å². The van der Waals surface area contributed by atoms with Crippen molar-refractivity contribution in [3.8, 4) is 17.2 Å². The number of rotatable bonds is 7. The van der Waals surface area contributed by atoms with E-state index in [4.69, 9.17) is 9.15 Å². The minimum atomic E-state index is -0.538. The van der Waals surface area contributed by atoms with Crippen LogP contribution in [0.4, 0.5) is 11.4 Å². The van der Waals surface area contributed by atoms with Gasteiger partial charge in [-0.2, -0.15) is 0 Å². The number of thioether (sulfide) groups is 1. The maximum Gasteiger partial charge on any atom is 0.277 e. The van der Waals surface area contributed by atoms with Gasteiger partial charge in [0.2, 0.25) is 11.8 Å². The van der Waals surface area contributed by atoms with Crippen molar-refractivity contribution in [3.05, 3.63) is 58.6 Å². The molecule has 9 nitrogen and oxygen atoms in total. The second-order valence-corrected chi connectivity index (χ2v) is 6.14. The molecule has 0 atom stereocenters. The molecule has 27 heavy (non-hydrogen) atoms. The van der Waals surface area contributed by atoms with E-state index in [1.54, 1.807) is 0 Å². The zero-order chi connectivity index (χ0) is 19.2. The second-order valence-electron chi connectivity index (χ2n) is 5.22. The van der Waals surface area contributed by atoms with Gasteiger partial charge in [0.25, 0.3) is 10.9 Å². The van der Waals surface area contributed by atoms with Gasteiger partial charge in [-0.3, -0.25) is 14.9 Å². The zero-order valence-electron chi connectivity index (χ0n) is 14.1. The van der Waals surface area contributed by atoms with Crippen molar-refractivity contribution < 1.29 is 18.9 Å². The molecule has 1 aromatic heterocycles. The number of non-ortho nitro benzene ring substituents is 1. The Balaban J connectivity index is 1.60. The van der Waals surface area contributed by atoms with Crippen molar-refractivity contribution in [2.75, 3.05) is 18.2 Å². The van der Waals surface area contributed by atoms with E-state index in [-0.39, 0.29) is 28.3 Å². The molecular weight excluding hydrogens is 372 g/mol. The van der Waals surface area contributed by atoms with Crippen LogP contribution >= 0.6 is 11.8 Å². The first kappa shape index (κ1) is 18.4. The summed E-state index contributed by atoms with van der Waals surface area (Å²) in [6, 6.07) is 13.2. The predicted molar refractivity (Wildman–Crippen MR) is 98.7 cm³/mol.